The zero-order chi connectivity index (χ0) is 13.1. The average molecular weight is 269 g/mol. The lowest BCUT2D eigenvalue weighted by molar-refractivity contribution is -0.124. The van der Waals surface area contributed by atoms with Crippen LogP contribution in [0.1, 0.15) is 18.4 Å². The number of rotatable bonds is 5. The monoisotopic (exact) mass is 268 g/mol. The van der Waals surface area contributed by atoms with Crippen molar-refractivity contribution in [1.29, 1.82) is 0 Å². The van der Waals surface area contributed by atoms with E-state index in [1.165, 1.54) is 6.07 Å². The van der Waals surface area contributed by atoms with E-state index in [0.29, 0.717) is 24.0 Å². The molecule has 1 atom stereocenters. The van der Waals surface area contributed by atoms with Crippen LogP contribution in [0.2, 0.25) is 5.02 Å². The Hall–Kier alpha value is -1.26. The fourth-order valence-corrected chi connectivity index (χ4v) is 1.99. The Labute approximate surface area is 111 Å². The lowest BCUT2D eigenvalue weighted by Crippen LogP contribution is -2.37. The number of nitrogens with two attached hydrogens (primary N) is 1. The van der Waals surface area contributed by atoms with E-state index in [1.54, 1.807) is 12.1 Å². The fraction of sp³-hybridized carbons (Fsp3) is 0.462. The van der Waals surface area contributed by atoms with Crippen molar-refractivity contribution >= 4 is 17.5 Å². The highest BCUT2D eigenvalue weighted by Gasteiger charge is 2.26. The molecule has 0 heterocycles. The van der Waals surface area contributed by atoms with Crippen molar-refractivity contribution in [2.24, 2.45) is 11.7 Å². The SMILES string of the molecule is NCC(Cc1ccc(O)c(Cl)c1)C(=O)NC1CC1. The van der Waals surface area contributed by atoms with Gasteiger partial charge in [-0.15, -0.1) is 0 Å². The van der Waals surface area contributed by atoms with E-state index in [4.69, 9.17) is 17.3 Å². The van der Waals surface area contributed by atoms with Gasteiger partial charge in [0.1, 0.15) is 5.75 Å². The molecule has 4 nitrogen and oxygen atoms in total. The highest BCUT2D eigenvalue weighted by Crippen LogP contribution is 2.25. The molecule has 0 spiro atoms. The molecule has 1 aliphatic carbocycles. The third-order valence-corrected chi connectivity index (χ3v) is 3.38. The van der Waals surface area contributed by atoms with Crippen molar-refractivity contribution in [3.63, 3.8) is 0 Å². The Bertz CT molecular complexity index is 447. The van der Waals surface area contributed by atoms with Gasteiger partial charge in [-0.1, -0.05) is 17.7 Å². The highest BCUT2D eigenvalue weighted by atomic mass is 35.5. The van der Waals surface area contributed by atoms with Crippen LogP contribution in [-0.4, -0.2) is 23.6 Å². The fourth-order valence-electron chi connectivity index (χ4n) is 1.79. The largest absolute Gasteiger partial charge is 0.506 e. The zero-order valence-electron chi connectivity index (χ0n) is 10.0. The number of carbonyl (C=O) groups is 1. The van der Waals surface area contributed by atoms with Crippen LogP contribution in [0.3, 0.4) is 0 Å². The summed E-state index contributed by atoms with van der Waals surface area (Å²) in [5.41, 5.74) is 6.54. The number of phenols is 1. The second-order valence-corrected chi connectivity index (χ2v) is 5.11. The number of amides is 1. The van der Waals surface area contributed by atoms with E-state index in [-0.39, 0.29) is 17.6 Å². The molecule has 5 heteroatoms. The van der Waals surface area contributed by atoms with E-state index in [9.17, 15) is 9.90 Å². The van der Waals surface area contributed by atoms with E-state index in [1.807, 2.05) is 0 Å². The molecule has 1 aliphatic rings. The van der Waals surface area contributed by atoms with Crippen molar-refractivity contribution in [3.05, 3.63) is 28.8 Å². The standard InChI is InChI=1S/C13H17ClN2O2/c14-11-6-8(1-4-12(11)17)5-9(7-15)13(18)16-10-2-3-10/h1,4,6,9-10,17H,2-3,5,7,15H2,(H,16,18). The zero-order valence-corrected chi connectivity index (χ0v) is 10.8. The van der Waals surface area contributed by atoms with Crippen molar-refractivity contribution in [2.75, 3.05) is 6.54 Å². The normalized spacial score (nSPS) is 16.3. The second kappa shape index (κ2) is 5.59. The summed E-state index contributed by atoms with van der Waals surface area (Å²) in [5, 5.41) is 12.6. The van der Waals surface area contributed by atoms with Crippen molar-refractivity contribution in [1.82, 2.24) is 5.32 Å². The minimum absolute atomic E-state index is 0.00389. The summed E-state index contributed by atoms with van der Waals surface area (Å²) in [7, 11) is 0. The molecule has 0 radical (unpaired) electrons. The molecule has 1 aromatic carbocycles. The van der Waals surface area contributed by atoms with Crippen molar-refractivity contribution < 1.29 is 9.90 Å². The molecule has 0 aliphatic heterocycles. The van der Waals surface area contributed by atoms with Crippen LogP contribution in [0.15, 0.2) is 18.2 Å². The molecule has 1 aromatic rings. The van der Waals surface area contributed by atoms with Gasteiger partial charge in [0.05, 0.1) is 10.9 Å². The summed E-state index contributed by atoms with van der Waals surface area (Å²) < 4.78 is 0. The van der Waals surface area contributed by atoms with E-state index in [2.05, 4.69) is 5.32 Å². The number of aromatic hydroxyl groups is 1. The highest BCUT2D eigenvalue weighted by molar-refractivity contribution is 6.32. The summed E-state index contributed by atoms with van der Waals surface area (Å²) in [5.74, 6) is -0.192. The summed E-state index contributed by atoms with van der Waals surface area (Å²) >= 11 is 5.83. The number of carbonyl (C=O) groups excluding carboxylic acids is 1. The molecule has 0 aromatic heterocycles. The first kappa shape index (κ1) is 13.2. The maximum Gasteiger partial charge on any atom is 0.224 e. The molecule has 0 bridgehead atoms. The van der Waals surface area contributed by atoms with Gasteiger partial charge in [0.25, 0.3) is 0 Å². The Kier molecular flexibility index (Phi) is 4.09. The van der Waals surface area contributed by atoms with Crippen molar-refractivity contribution in [2.45, 2.75) is 25.3 Å². The molecule has 1 fully saturated rings. The molecular weight excluding hydrogens is 252 g/mol. The van der Waals surface area contributed by atoms with Gasteiger partial charge in [-0.3, -0.25) is 4.79 Å². The number of hydrogen-bond donors (Lipinski definition) is 3. The molecule has 1 saturated carbocycles. The smallest absolute Gasteiger partial charge is 0.224 e. The van der Waals surface area contributed by atoms with Crippen LogP contribution in [-0.2, 0) is 11.2 Å². The molecule has 4 N–H and O–H groups in total. The summed E-state index contributed by atoms with van der Waals surface area (Å²) in [6.07, 6.45) is 2.66. The molecule has 1 amide bonds. The van der Waals surface area contributed by atoms with Gasteiger partial charge < -0.3 is 16.2 Å². The molecular formula is C13H17ClN2O2. The predicted molar refractivity (Wildman–Crippen MR) is 70.5 cm³/mol. The van der Waals surface area contributed by atoms with Crippen LogP contribution in [0, 0.1) is 5.92 Å². The molecule has 98 valence electrons. The van der Waals surface area contributed by atoms with Crippen LogP contribution < -0.4 is 11.1 Å². The lowest BCUT2D eigenvalue weighted by atomic mass is 9.98. The minimum atomic E-state index is -0.244. The lowest BCUT2D eigenvalue weighted by Gasteiger charge is -2.15. The molecule has 18 heavy (non-hydrogen) atoms. The van der Waals surface area contributed by atoms with Crippen molar-refractivity contribution in [3.8, 4) is 5.75 Å². The van der Waals surface area contributed by atoms with Gasteiger partial charge in [-0.25, -0.2) is 0 Å². The predicted octanol–water partition coefficient (Wildman–Crippen LogP) is 1.44. The van der Waals surface area contributed by atoms with E-state index < -0.39 is 0 Å². The summed E-state index contributed by atoms with van der Waals surface area (Å²) in [6.45, 7) is 0.303. The second-order valence-electron chi connectivity index (χ2n) is 4.71. The van der Waals surface area contributed by atoms with Gasteiger partial charge in [-0.2, -0.15) is 0 Å². The topological polar surface area (TPSA) is 75.3 Å². The maximum absolute atomic E-state index is 11.9. The quantitative estimate of drug-likeness (QED) is 0.756. The Balaban J connectivity index is 1.99. The van der Waals surface area contributed by atoms with Crippen LogP contribution in [0.25, 0.3) is 0 Å². The van der Waals surface area contributed by atoms with Gasteiger partial charge in [-0.05, 0) is 37.0 Å². The first-order chi connectivity index (χ1) is 8.60. The molecule has 0 saturated heterocycles. The third kappa shape index (κ3) is 3.37. The van der Waals surface area contributed by atoms with Gasteiger partial charge in [0.15, 0.2) is 0 Å². The minimum Gasteiger partial charge on any atom is -0.506 e. The Morgan fingerprint density at radius 1 is 1.56 bits per heavy atom. The van der Waals surface area contributed by atoms with Crippen LogP contribution >= 0.6 is 11.6 Å². The average Bonchev–Trinajstić information content (AvgIpc) is 3.14. The van der Waals surface area contributed by atoms with Crippen LogP contribution in [0.4, 0.5) is 0 Å². The summed E-state index contributed by atoms with van der Waals surface area (Å²) in [4.78, 5) is 11.9. The first-order valence-corrected chi connectivity index (χ1v) is 6.45. The van der Waals surface area contributed by atoms with Gasteiger partial charge in [0, 0.05) is 12.6 Å². The summed E-state index contributed by atoms with van der Waals surface area (Å²) in [6, 6.07) is 5.30. The van der Waals surface area contributed by atoms with E-state index >= 15 is 0 Å². The first-order valence-electron chi connectivity index (χ1n) is 6.08. The number of phenolic OH excluding ortho intramolecular Hbond substituents is 1. The van der Waals surface area contributed by atoms with Crippen LogP contribution in [0.5, 0.6) is 5.75 Å². The molecule has 2 rings (SSSR count). The Morgan fingerprint density at radius 3 is 2.83 bits per heavy atom. The maximum atomic E-state index is 11.9. The molecule has 1 unspecified atom stereocenters. The number of halogens is 1. The Morgan fingerprint density at radius 2 is 2.28 bits per heavy atom. The third-order valence-electron chi connectivity index (χ3n) is 3.07. The number of nitrogens with one attached hydrogen (secondary N) is 1. The van der Waals surface area contributed by atoms with Gasteiger partial charge in [0.2, 0.25) is 5.91 Å². The number of benzene rings is 1. The van der Waals surface area contributed by atoms with Gasteiger partial charge >= 0.3 is 0 Å². The van der Waals surface area contributed by atoms with E-state index in [0.717, 1.165) is 18.4 Å². The number of hydrogen-bond acceptors (Lipinski definition) is 3.